The van der Waals surface area contributed by atoms with Gasteiger partial charge in [0.2, 0.25) is 0 Å². The fourth-order valence-corrected chi connectivity index (χ4v) is 4.13. The Bertz CT molecular complexity index is 510. The fraction of sp³-hybridized carbons (Fsp3) is 0.625. The van der Waals surface area contributed by atoms with Crippen LogP contribution in [-0.2, 0) is 5.41 Å². The predicted octanol–water partition coefficient (Wildman–Crippen LogP) is 3.58. The van der Waals surface area contributed by atoms with Crippen molar-refractivity contribution >= 4 is 11.6 Å². The summed E-state index contributed by atoms with van der Waals surface area (Å²) in [6, 6.07) is 1.92. The summed E-state index contributed by atoms with van der Waals surface area (Å²) >= 11 is 6.58. The molecule has 2 aliphatic rings. The first-order chi connectivity index (χ1) is 9.68. The minimum atomic E-state index is 0.0197. The molecular weight excluding hydrogens is 274 g/mol. The lowest BCUT2D eigenvalue weighted by molar-refractivity contribution is 0.296. The first-order valence-electron chi connectivity index (χ1n) is 7.47. The molecule has 3 rings (SSSR count). The Morgan fingerprint density at radius 3 is 2.60 bits per heavy atom. The van der Waals surface area contributed by atoms with Crippen LogP contribution in [0.2, 0.25) is 5.02 Å². The molecule has 20 heavy (non-hydrogen) atoms. The average molecular weight is 296 g/mol. The van der Waals surface area contributed by atoms with Crippen molar-refractivity contribution in [2.45, 2.75) is 44.4 Å². The van der Waals surface area contributed by atoms with Crippen LogP contribution in [0.25, 0.3) is 0 Å². The zero-order chi connectivity index (χ0) is 14.2. The molecule has 0 aromatic heterocycles. The van der Waals surface area contributed by atoms with Crippen LogP contribution in [0, 0.1) is 6.92 Å². The van der Waals surface area contributed by atoms with Gasteiger partial charge in [0.1, 0.15) is 0 Å². The predicted molar refractivity (Wildman–Crippen MR) is 81.0 cm³/mol. The van der Waals surface area contributed by atoms with Gasteiger partial charge in [-0.05, 0) is 25.3 Å². The van der Waals surface area contributed by atoms with E-state index in [9.17, 15) is 0 Å². The Morgan fingerprint density at radius 2 is 1.90 bits per heavy atom. The highest BCUT2D eigenvalue weighted by atomic mass is 35.5. The van der Waals surface area contributed by atoms with Gasteiger partial charge in [0, 0.05) is 35.0 Å². The molecule has 1 aromatic rings. The topological polar surface area (TPSA) is 44.5 Å². The van der Waals surface area contributed by atoms with Crippen LogP contribution in [0.1, 0.15) is 43.2 Å². The van der Waals surface area contributed by atoms with Crippen LogP contribution in [0.4, 0.5) is 0 Å². The van der Waals surface area contributed by atoms with Gasteiger partial charge < -0.3 is 15.2 Å². The van der Waals surface area contributed by atoms with Crippen LogP contribution in [-0.4, -0.2) is 19.8 Å². The maximum absolute atomic E-state index is 6.58. The number of halogens is 1. The van der Waals surface area contributed by atoms with E-state index >= 15 is 0 Å². The number of hydrogen-bond donors (Lipinski definition) is 1. The van der Waals surface area contributed by atoms with Gasteiger partial charge in [-0.1, -0.05) is 24.4 Å². The molecule has 0 radical (unpaired) electrons. The lowest BCUT2D eigenvalue weighted by Crippen LogP contribution is -2.33. The normalized spacial score (nSPS) is 20.8. The molecule has 1 heterocycles. The quantitative estimate of drug-likeness (QED) is 0.907. The highest BCUT2D eigenvalue weighted by molar-refractivity contribution is 6.31. The van der Waals surface area contributed by atoms with E-state index in [1.165, 1.54) is 18.4 Å². The molecule has 0 spiro atoms. The molecule has 1 saturated carbocycles. The monoisotopic (exact) mass is 295 g/mol. The van der Waals surface area contributed by atoms with Crippen LogP contribution in [0.5, 0.6) is 11.5 Å². The Hall–Kier alpha value is -0.930. The van der Waals surface area contributed by atoms with Crippen molar-refractivity contribution < 1.29 is 9.47 Å². The van der Waals surface area contributed by atoms with Gasteiger partial charge in [0.05, 0.1) is 13.2 Å². The van der Waals surface area contributed by atoms with Crippen molar-refractivity contribution in [1.29, 1.82) is 0 Å². The molecule has 110 valence electrons. The molecule has 0 saturated heterocycles. The molecule has 2 N–H and O–H groups in total. The summed E-state index contributed by atoms with van der Waals surface area (Å²) in [7, 11) is 0. The lowest BCUT2D eigenvalue weighted by atomic mass is 9.76. The van der Waals surface area contributed by atoms with Crippen molar-refractivity contribution in [3.05, 3.63) is 22.2 Å². The third-order valence-electron chi connectivity index (χ3n) is 4.71. The summed E-state index contributed by atoms with van der Waals surface area (Å²) in [5, 5.41) is 0.777. The Balaban J connectivity index is 2.14. The van der Waals surface area contributed by atoms with Crippen LogP contribution >= 0.6 is 11.6 Å². The molecule has 0 unspecified atom stereocenters. The second-order valence-electron chi connectivity index (χ2n) is 5.93. The number of fused-ring (bicyclic) bond motifs is 1. The Morgan fingerprint density at radius 1 is 1.20 bits per heavy atom. The van der Waals surface area contributed by atoms with Crippen molar-refractivity contribution in [1.82, 2.24) is 0 Å². The van der Waals surface area contributed by atoms with E-state index in [4.69, 9.17) is 26.8 Å². The smallest absolute Gasteiger partial charge is 0.164 e. The fourth-order valence-electron chi connectivity index (χ4n) is 3.69. The SMILES string of the molecule is Cc1c2c(cc(Cl)c1C1(CN)CCCC1)OCCCO2. The third-order valence-corrected chi connectivity index (χ3v) is 5.01. The second-order valence-corrected chi connectivity index (χ2v) is 6.33. The molecule has 0 amide bonds. The number of nitrogens with two attached hydrogens (primary N) is 1. The highest BCUT2D eigenvalue weighted by Gasteiger charge is 2.38. The van der Waals surface area contributed by atoms with Gasteiger partial charge >= 0.3 is 0 Å². The number of rotatable bonds is 2. The van der Waals surface area contributed by atoms with Crippen molar-refractivity contribution in [3.8, 4) is 11.5 Å². The largest absolute Gasteiger partial charge is 0.489 e. The average Bonchev–Trinajstić information content (AvgIpc) is 2.79. The maximum atomic E-state index is 6.58. The van der Waals surface area contributed by atoms with E-state index in [1.54, 1.807) is 0 Å². The van der Waals surface area contributed by atoms with Gasteiger partial charge in [-0.15, -0.1) is 0 Å². The van der Waals surface area contributed by atoms with Gasteiger partial charge in [0.25, 0.3) is 0 Å². The van der Waals surface area contributed by atoms with Crippen LogP contribution < -0.4 is 15.2 Å². The number of hydrogen-bond acceptors (Lipinski definition) is 3. The zero-order valence-corrected chi connectivity index (χ0v) is 12.8. The molecule has 1 fully saturated rings. The molecule has 0 bridgehead atoms. The van der Waals surface area contributed by atoms with E-state index in [2.05, 4.69) is 6.92 Å². The summed E-state index contributed by atoms with van der Waals surface area (Å²) in [5.41, 5.74) is 8.43. The summed E-state index contributed by atoms with van der Waals surface area (Å²) < 4.78 is 11.7. The number of benzene rings is 1. The van der Waals surface area contributed by atoms with E-state index in [-0.39, 0.29) is 5.41 Å². The minimum absolute atomic E-state index is 0.0197. The lowest BCUT2D eigenvalue weighted by Gasteiger charge is -2.31. The third kappa shape index (κ3) is 2.17. The molecule has 4 heteroatoms. The minimum Gasteiger partial charge on any atom is -0.489 e. The molecular formula is C16H22ClNO2. The molecule has 1 aliphatic heterocycles. The van der Waals surface area contributed by atoms with Gasteiger partial charge in [-0.3, -0.25) is 0 Å². The van der Waals surface area contributed by atoms with E-state index in [1.807, 2.05) is 6.07 Å². The van der Waals surface area contributed by atoms with Gasteiger partial charge in [0.15, 0.2) is 11.5 Å². The second kappa shape index (κ2) is 5.45. The maximum Gasteiger partial charge on any atom is 0.164 e. The van der Waals surface area contributed by atoms with Crippen molar-refractivity contribution in [2.75, 3.05) is 19.8 Å². The summed E-state index contributed by atoms with van der Waals surface area (Å²) in [4.78, 5) is 0. The first-order valence-corrected chi connectivity index (χ1v) is 7.85. The highest BCUT2D eigenvalue weighted by Crippen LogP contribution is 2.49. The first kappa shape index (κ1) is 14.0. The van der Waals surface area contributed by atoms with E-state index < -0.39 is 0 Å². The molecule has 1 aliphatic carbocycles. The van der Waals surface area contributed by atoms with Crippen molar-refractivity contribution in [3.63, 3.8) is 0 Å². The molecule has 3 nitrogen and oxygen atoms in total. The van der Waals surface area contributed by atoms with Crippen LogP contribution in [0.3, 0.4) is 0 Å². The molecule has 0 atom stereocenters. The Kier molecular flexibility index (Phi) is 3.83. The summed E-state index contributed by atoms with van der Waals surface area (Å²) in [5.74, 6) is 1.64. The van der Waals surface area contributed by atoms with Crippen LogP contribution in [0.15, 0.2) is 6.07 Å². The van der Waals surface area contributed by atoms with E-state index in [0.29, 0.717) is 19.8 Å². The zero-order valence-electron chi connectivity index (χ0n) is 12.0. The van der Waals surface area contributed by atoms with Crippen molar-refractivity contribution in [2.24, 2.45) is 5.73 Å². The standard InChI is InChI=1S/C16H22ClNO2/c1-11-14(16(10-18)5-2-3-6-16)12(17)9-13-15(11)20-8-4-7-19-13/h9H,2-8,10,18H2,1H3. The molecule has 1 aromatic carbocycles. The van der Waals surface area contributed by atoms with Gasteiger partial charge in [-0.25, -0.2) is 0 Å². The summed E-state index contributed by atoms with van der Waals surface area (Å²) in [6.45, 7) is 4.12. The Labute approximate surface area is 125 Å². The van der Waals surface area contributed by atoms with E-state index in [0.717, 1.165) is 41.3 Å². The number of ether oxygens (including phenoxy) is 2. The van der Waals surface area contributed by atoms with Gasteiger partial charge in [-0.2, -0.15) is 0 Å². The summed E-state index contributed by atoms with van der Waals surface area (Å²) in [6.07, 6.45) is 5.58.